The fraction of sp³-hybridized carbons (Fsp3) is 0.0909. The number of aliphatic carboxylic acids is 1. The molecule has 30 heavy (non-hydrogen) atoms. The number of carboxylic acids is 1. The van der Waals surface area contributed by atoms with Crippen LogP contribution in [-0.2, 0) is 17.8 Å². The molecular weight excluding hydrogens is 449 g/mol. The molecule has 5 nitrogen and oxygen atoms in total. The summed E-state index contributed by atoms with van der Waals surface area (Å²) in [4.78, 5) is 23.5. The number of ether oxygens (including phenoxy) is 1. The van der Waals surface area contributed by atoms with Crippen molar-refractivity contribution in [1.82, 2.24) is 0 Å². The zero-order chi connectivity index (χ0) is 21.7. The minimum atomic E-state index is -0.968. The summed E-state index contributed by atoms with van der Waals surface area (Å²) in [6.45, 7) is 0.302. The Morgan fingerprint density at radius 2 is 1.57 bits per heavy atom. The van der Waals surface area contributed by atoms with Crippen LogP contribution >= 0.6 is 34.8 Å². The molecule has 0 aliphatic heterocycles. The molecule has 1 amide bonds. The summed E-state index contributed by atoms with van der Waals surface area (Å²) in [7, 11) is 0. The molecule has 3 rings (SSSR count). The predicted octanol–water partition coefficient (Wildman–Crippen LogP) is 6.11. The van der Waals surface area contributed by atoms with Gasteiger partial charge in [-0.15, -0.1) is 0 Å². The van der Waals surface area contributed by atoms with Crippen molar-refractivity contribution in [3.63, 3.8) is 0 Å². The number of carbonyl (C=O) groups excluding carboxylic acids is 1. The quantitative estimate of drug-likeness (QED) is 0.442. The summed E-state index contributed by atoms with van der Waals surface area (Å²) in [5, 5.41) is 12.7. The first kappa shape index (κ1) is 22.0. The Kier molecular flexibility index (Phi) is 7.21. The molecule has 0 fully saturated rings. The van der Waals surface area contributed by atoms with Gasteiger partial charge in [0.1, 0.15) is 12.4 Å². The number of anilines is 1. The van der Waals surface area contributed by atoms with E-state index in [2.05, 4.69) is 5.32 Å². The Balaban J connectivity index is 1.71. The summed E-state index contributed by atoms with van der Waals surface area (Å²) in [5.41, 5.74) is 2.02. The summed E-state index contributed by atoms with van der Waals surface area (Å²) in [5.74, 6) is -0.961. The highest BCUT2D eigenvalue weighted by molar-refractivity contribution is 6.36. The standard InChI is InChI=1S/C22H16Cl3NO4/c23-15-4-1-13(2-5-15)12-30-16-6-7-18(24)17(11-16)22(29)26-20-8-3-14(9-19(20)25)10-21(27)28/h1-9,11H,10,12H2,(H,26,29)(H,27,28). The average molecular weight is 465 g/mol. The van der Waals surface area contributed by atoms with E-state index in [-0.39, 0.29) is 22.0 Å². The second-order valence-electron chi connectivity index (χ2n) is 6.40. The van der Waals surface area contributed by atoms with E-state index in [9.17, 15) is 9.59 Å². The maximum absolute atomic E-state index is 12.7. The normalized spacial score (nSPS) is 10.5. The third-order valence-corrected chi connectivity index (χ3v) is 5.03. The molecule has 0 bridgehead atoms. The molecule has 154 valence electrons. The minimum absolute atomic E-state index is 0.160. The van der Waals surface area contributed by atoms with Crippen molar-refractivity contribution in [2.24, 2.45) is 0 Å². The van der Waals surface area contributed by atoms with Gasteiger partial charge in [0.15, 0.2) is 0 Å². The minimum Gasteiger partial charge on any atom is -0.489 e. The van der Waals surface area contributed by atoms with Crippen LogP contribution < -0.4 is 10.1 Å². The van der Waals surface area contributed by atoms with Crippen molar-refractivity contribution in [3.8, 4) is 5.75 Å². The molecule has 0 aliphatic carbocycles. The predicted molar refractivity (Wildman–Crippen MR) is 118 cm³/mol. The van der Waals surface area contributed by atoms with Crippen molar-refractivity contribution in [3.05, 3.63) is 92.4 Å². The van der Waals surface area contributed by atoms with E-state index < -0.39 is 11.9 Å². The number of rotatable bonds is 7. The van der Waals surface area contributed by atoms with Crippen molar-refractivity contribution in [1.29, 1.82) is 0 Å². The molecule has 0 radical (unpaired) electrons. The van der Waals surface area contributed by atoms with E-state index in [1.165, 1.54) is 6.07 Å². The van der Waals surface area contributed by atoms with Gasteiger partial charge in [0.25, 0.3) is 5.91 Å². The summed E-state index contributed by atoms with van der Waals surface area (Å²) >= 11 is 18.2. The molecule has 3 aromatic carbocycles. The summed E-state index contributed by atoms with van der Waals surface area (Å²) < 4.78 is 5.74. The molecule has 0 saturated heterocycles. The first-order chi connectivity index (χ1) is 14.3. The maximum Gasteiger partial charge on any atom is 0.307 e. The number of amides is 1. The number of hydrogen-bond donors (Lipinski definition) is 2. The molecule has 0 aromatic heterocycles. The second kappa shape index (κ2) is 9.85. The fourth-order valence-corrected chi connectivity index (χ4v) is 3.23. The fourth-order valence-electron chi connectivity index (χ4n) is 2.65. The smallest absolute Gasteiger partial charge is 0.307 e. The van der Waals surface area contributed by atoms with Crippen LogP contribution in [0.15, 0.2) is 60.7 Å². The molecule has 8 heteroatoms. The first-order valence-corrected chi connectivity index (χ1v) is 9.93. The first-order valence-electron chi connectivity index (χ1n) is 8.80. The topological polar surface area (TPSA) is 75.6 Å². The van der Waals surface area contributed by atoms with E-state index in [0.29, 0.717) is 28.6 Å². The number of benzene rings is 3. The summed E-state index contributed by atoms with van der Waals surface area (Å²) in [6, 6.07) is 16.7. The lowest BCUT2D eigenvalue weighted by Crippen LogP contribution is -2.13. The number of carbonyl (C=O) groups is 2. The SMILES string of the molecule is O=C(O)Cc1ccc(NC(=O)c2cc(OCc3ccc(Cl)cc3)ccc2Cl)c(Cl)c1. The molecule has 0 atom stereocenters. The van der Waals surface area contributed by atoms with Gasteiger partial charge in [-0.25, -0.2) is 0 Å². The van der Waals surface area contributed by atoms with E-state index in [4.69, 9.17) is 44.6 Å². The lowest BCUT2D eigenvalue weighted by molar-refractivity contribution is -0.136. The number of hydrogen-bond acceptors (Lipinski definition) is 3. The molecule has 0 unspecified atom stereocenters. The van der Waals surface area contributed by atoms with Crippen LogP contribution in [-0.4, -0.2) is 17.0 Å². The van der Waals surface area contributed by atoms with Gasteiger partial charge in [0.2, 0.25) is 0 Å². The highest BCUT2D eigenvalue weighted by Crippen LogP contribution is 2.27. The Morgan fingerprint density at radius 3 is 2.23 bits per heavy atom. The number of carboxylic acid groups (broad SMARTS) is 1. The molecule has 0 spiro atoms. The monoisotopic (exact) mass is 463 g/mol. The van der Waals surface area contributed by atoms with Crippen molar-refractivity contribution in [2.75, 3.05) is 5.32 Å². The molecule has 2 N–H and O–H groups in total. The highest BCUT2D eigenvalue weighted by Gasteiger charge is 2.14. The lowest BCUT2D eigenvalue weighted by atomic mass is 10.1. The van der Waals surface area contributed by atoms with Crippen LogP contribution in [0.2, 0.25) is 15.1 Å². The van der Waals surface area contributed by atoms with Crippen LogP contribution in [0, 0.1) is 0 Å². The van der Waals surface area contributed by atoms with Crippen molar-refractivity contribution < 1.29 is 19.4 Å². The van der Waals surface area contributed by atoms with E-state index >= 15 is 0 Å². The van der Waals surface area contributed by atoms with Gasteiger partial charge in [-0.3, -0.25) is 9.59 Å². The summed E-state index contributed by atoms with van der Waals surface area (Å²) in [6.07, 6.45) is -0.160. The van der Waals surface area contributed by atoms with Gasteiger partial charge in [0.05, 0.1) is 27.7 Å². The number of nitrogens with one attached hydrogen (secondary N) is 1. The van der Waals surface area contributed by atoms with Gasteiger partial charge in [-0.05, 0) is 53.6 Å². The van der Waals surface area contributed by atoms with Gasteiger partial charge in [-0.1, -0.05) is 53.0 Å². The number of halogens is 3. The zero-order valence-corrected chi connectivity index (χ0v) is 17.8. The Bertz CT molecular complexity index is 1080. The van der Waals surface area contributed by atoms with Crippen LogP contribution in [0.1, 0.15) is 21.5 Å². The maximum atomic E-state index is 12.7. The van der Waals surface area contributed by atoms with Gasteiger partial charge >= 0.3 is 5.97 Å². The highest BCUT2D eigenvalue weighted by atomic mass is 35.5. The lowest BCUT2D eigenvalue weighted by Gasteiger charge is -2.12. The molecule has 0 heterocycles. The van der Waals surface area contributed by atoms with Crippen LogP contribution in [0.3, 0.4) is 0 Å². The van der Waals surface area contributed by atoms with Crippen molar-refractivity contribution in [2.45, 2.75) is 13.0 Å². The Hall–Kier alpha value is -2.73. The second-order valence-corrected chi connectivity index (χ2v) is 7.65. The third kappa shape index (κ3) is 5.89. The molecule has 0 aliphatic rings. The van der Waals surface area contributed by atoms with E-state index in [0.717, 1.165) is 5.56 Å². The van der Waals surface area contributed by atoms with Gasteiger partial charge in [0, 0.05) is 5.02 Å². The molecule has 3 aromatic rings. The molecular formula is C22H16Cl3NO4. The Morgan fingerprint density at radius 1 is 0.867 bits per heavy atom. The molecule has 0 saturated carbocycles. The zero-order valence-electron chi connectivity index (χ0n) is 15.5. The third-order valence-electron chi connectivity index (χ3n) is 4.14. The van der Waals surface area contributed by atoms with Crippen LogP contribution in [0.5, 0.6) is 5.75 Å². The van der Waals surface area contributed by atoms with E-state index in [1.807, 2.05) is 12.1 Å². The van der Waals surface area contributed by atoms with Gasteiger partial charge < -0.3 is 15.2 Å². The Labute approximate surface area is 188 Å². The average Bonchev–Trinajstić information content (AvgIpc) is 2.70. The van der Waals surface area contributed by atoms with Crippen LogP contribution in [0.25, 0.3) is 0 Å². The van der Waals surface area contributed by atoms with E-state index in [1.54, 1.807) is 42.5 Å². The van der Waals surface area contributed by atoms with Crippen LogP contribution in [0.4, 0.5) is 5.69 Å². The van der Waals surface area contributed by atoms with Gasteiger partial charge in [-0.2, -0.15) is 0 Å². The largest absolute Gasteiger partial charge is 0.489 e. The van der Waals surface area contributed by atoms with Crippen molar-refractivity contribution >= 4 is 52.4 Å².